The van der Waals surface area contributed by atoms with Crippen molar-refractivity contribution in [1.82, 2.24) is 0 Å². The first-order chi connectivity index (χ1) is 5.44. The van der Waals surface area contributed by atoms with Crippen LogP contribution in [0.2, 0.25) is 7.85 Å². The zero-order valence-corrected chi connectivity index (χ0v) is 12.8. The topological polar surface area (TPSA) is 0 Å². The number of allylic oxidation sites excluding steroid dienone is 4. The van der Waals surface area contributed by atoms with E-state index in [9.17, 15) is 0 Å². The van der Waals surface area contributed by atoms with E-state index in [0.717, 1.165) is 10.6 Å². The van der Waals surface area contributed by atoms with Gasteiger partial charge in [0.1, 0.15) is 0 Å². The molecule has 0 aliphatic heterocycles. The van der Waals surface area contributed by atoms with Crippen LogP contribution >= 0.6 is 25.7 Å². The van der Waals surface area contributed by atoms with E-state index in [1.54, 1.807) is 0 Å². The van der Waals surface area contributed by atoms with Crippen molar-refractivity contribution in [2.75, 3.05) is 0 Å². The minimum absolute atomic E-state index is 0.131. The standard InChI is InChI=1S/C5H5.C3H7.3ClH.Hf/c1-2-4-5-3-1;1-3-2;;;;/h1-5H;1,3H2,2H3;3*1H;/q;;;;;+3/p-3. The van der Waals surface area contributed by atoms with Gasteiger partial charge in [-0.25, -0.2) is 0 Å². The molecule has 0 unspecified atom stereocenters. The summed E-state index contributed by atoms with van der Waals surface area (Å²) in [5, 5.41) is 0. The Balaban J connectivity index is 2.81. The van der Waals surface area contributed by atoms with E-state index >= 15 is 0 Å². The van der Waals surface area contributed by atoms with Crippen LogP contribution in [0.25, 0.3) is 0 Å². The molecule has 0 aromatic carbocycles. The Hall–Kier alpha value is 1.22. The summed E-state index contributed by atoms with van der Waals surface area (Å²) in [5.74, 6) is 0. The van der Waals surface area contributed by atoms with Gasteiger partial charge >= 0.3 is 86.2 Å². The first kappa shape index (κ1) is 11.3. The fourth-order valence-electron chi connectivity index (χ4n) is 1.38. The molecular weight excluding hydrogens is 381 g/mol. The predicted octanol–water partition coefficient (Wildman–Crippen LogP) is 4.88. The molecule has 0 fully saturated rings. The zero-order chi connectivity index (χ0) is 9.27. The Morgan fingerprint density at radius 2 is 1.67 bits per heavy atom. The fourth-order valence-corrected chi connectivity index (χ4v) is 17.2. The second-order valence-electron chi connectivity index (χ2n) is 3.19. The van der Waals surface area contributed by atoms with E-state index in [1.165, 1.54) is 0 Å². The summed E-state index contributed by atoms with van der Waals surface area (Å²) < 4.78 is 0.924. The van der Waals surface area contributed by atoms with Gasteiger partial charge in [0.2, 0.25) is 0 Å². The van der Waals surface area contributed by atoms with Crippen molar-refractivity contribution in [3.05, 3.63) is 24.3 Å². The number of hydrogen-bond acceptors (Lipinski definition) is 0. The predicted molar refractivity (Wildman–Crippen MR) is 54.7 cm³/mol. The summed E-state index contributed by atoms with van der Waals surface area (Å²) >= 11 is -3.98. The first-order valence-electron chi connectivity index (χ1n) is 4.08. The molecular formula is C8H12Cl3Hf. The van der Waals surface area contributed by atoms with Gasteiger partial charge < -0.3 is 0 Å². The third-order valence-corrected chi connectivity index (χ3v) is 23.5. The van der Waals surface area contributed by atoms with Gasteiger partial charge in [-0.15, -0.1) is 0 Å². The molecule has 69 valence electrons. The van der Waals surface area contributed by atoms with Gasteiger partial charge in [0.05, 0.1) is 0 Å². The normalized spacial score (nSPS) is 21.2. The number of halogens is 3. The van der Waals surface area contributed by atoms with Crippen LogP contribution in [0.5, 0.6) is 0 Å². The fraction of sp³-hybridized carbons (Fsp3) is 0.500. The van der Waals surface area contributed by atoms with E-state index in [1.807, 2.05) is 24.3 Å². The SMILES string of the molecule is CC[CH2][Hf]([Cl])([Cl])([Cl])[CH]1C=CC=C1. The van der Waals surface area contributed by atoms with Gasteiger partial charge in [-0.1, -0.05) is 0 Å². The molecule has 0 amide bonds. The molecule has 0 saturated carbocycles. The molecule has 1 aliphatic rings. The summed E-state index contributed by atoms with van der Waals surface area (Å²) in [5.41, 5.74) is 0. The molecule has 0 aromatic rings. The molecule has 0 N–H and O–H groups in total. The molecule has 0 heterocycles. The van der Waals surface area contributed by atoms with E-state index in [0.29, 0.717) is 0 Å². The third kappa shape index (κ3) is 2.60. The quantitative estimate of drug-likeness (QED) is 0.600. The molecule has 0 bridgehead atoms. The van der Waals surface area contributed by atoms with Gasteiger partial charge in [0.15, 0.2) is 0 Å². The Labute approximate surface area is 85.4 Å². The Kier molecular flexibility index (Phi) is 3.54. The van der Waals surface area contributed by atoms with Crippen molar-refractivity contribution in [2.45, 2.75) is 21.2 Å². The van der Waals surface area contributed by atoms with Gasteiger partial charge in [0.25, 0.3) is 0 Å². The summed E-state index contributed by atoms with van der Waals surface area (Å²) in [6.07, 6.45) is 8.91. The summed E-state index contributed by atoms with van der Waals surface area (Å²) in [4.78, 5) is 0. The van der Waals surface area contributed by atoms with Gasteiger partial charge in [0, 0.05) is 0 Å². The molecule has 0 saturated heterocycles. The molecule has 0 atom stereocenters. The van der Waals surface area contributed by atoms with E-state index < -0.39 is 15.0 Å². The van der Waals surface area contributed by atoms with Crippen molar-refractivity contribution >= 4 is 25.7 Å². The maximum absolute atomic E-state index is 6.35. The minimum atomic E-state index is -3.98. The van der Waals surface area contributed by atoms with Crippen LogP contribution in [0.4, 0.5) is 0 Å². The average molecular weight is 393 g/mol. The Morgan fingerprint density at radius 1 is 1.17 bits per heavy atom. The molecule has 0 aromatic heterocycles. The van der Waals surface area contributed by atoms with Crippen LogP contribution < -0.4 is 0 Å². The van der Waals surface area contributed by atoms with Crippen molar-refractivity contribution in [1.29, 1.82) is 0 Å². The van der Waals surface area contributed by atoms with Crippen LogP contribution in [0, 0.1) is 0 Å². The Morgan fingerprint density at radius 3 is 2.08 bits per heavy atom. The van der Waals surface area contributed by atoms with Crippen molar-refractivity contribution < 1.29 is 15.0 Å². The monoisotopic (exact) mass is 393 g/mol. The van der Waals surface area contributed by atoms with Crippen molar-refractivity contribution in [3.63, 3.8) is 0 Å². The van der Waals surface area contributed by atoms with Crippen LogP contribution in [0.1, 0.15) is 13.3 Å². The zero-order valence-electron chi connectivity index (χ0n) is 6.93. The number of rotatable bonds is 3. The molecule has 0 spiro atoms. The van der Waals surface area contributed by atoms with E-state index in [2.05, 4.69) is 6.92 Å². The maximum atomic E-state index is 6.35. The van der Waals surface area contributed by atoms with Crippen LogP contribution in [0.3, 0.4) is 0 Å². The van der Waals surface area contributed by atoms with Crippen LogP contribution in [-0.4, -0.2) is 0 Å². The average Bonchev–Trinajstić information content (AvgIpc) is 2.35. The second-order valence-corrected chi connectivity index (χ2v) is 41.6. The first-order valence-corrected chi connectivity index (χ1v) is 22.1. The molecule has 0 radical (unpaired) electrons. The van der Waals surface area contributed by atoms with Gasteiger partial charge in [-0.2, -0.15) is 0 Å². The summed E-state index contributed by atoms with van der Waals surface area (Å²) in [6, 6.07) is 0. The van der Waals surface area contributed by atoms with Gasteiger partial charge in [-0.3, -0.25) is 0 Å². The Bertz CT molecular complexity index is 212. The number of hydrogen-bond donors (Lipinski definition) is 0. The summed E-state index contributed by atoms with van der Waals surface area (Å²) in [7, 11) is 19.0. The van der Waals surface area contributed by atoms with E-state index in [-0.39, 0.29) is 3.67 Å². The molecule has 1 rings (SSSR count). The van der Waals surface area contributed by atoms with E-state index in [4.69, 9.17) is 25.7 Å². The molecule has 4 heteroatoms. The van der Waals surface area contributed by atoms with Crippen molar-refractivity contribution in [2.24, 2.45) is 0 Å². The third-order valence-electron chi connectivity index (χ3n) is 2.04. The molecule has 0 nitrogen and oxygen atoms in total. The molecule has 1 aliphatic carbocycles. The summed E-state index contributed by atoms with van der Waals surface area (Å²) in [6.45, 7) is 2.06. The van der Waals surface area contributed by atoms with Crippen LogP contribution in [0.15, 0.2) is 24.3 Å². The molecule has 12 heavy (non-hydrogen) atoms. The second kappa shape index (κ2) is 3.76. The van der Waals surface area contributed by atoms with Crippen LogP contribution in [-0.2, 0) is 15.0 Å². The van der Waals surface area contributed by atoms with Crippen molar-refractivity contribution in [3.8, 4) is 0 Å². The van der Waals surface area contributed by atoms with Gasteiger partial charge in [-0.05, 0) is 0 Å².